The van der Waals surface area contributed by atoms with Gasteiger partial charge in [-0.25, -0.2) is 0 Å². The molecule has 3 aliphatic heterocycles. The molecule has 5 aliphatic rings. The van der Waals surface area contributed by atoms with Crippen LogP contribution in [0.5, 0.6) is 0 Å². The molecule has 55 heavy (non-hydrogen) atoms. The highest BCUT2D eigenvalue weighted by Gasteiger charge is 2.33. The Hall–Kier alpha value is -0.120. The summed E-state index contributed by atoms with van der Waals surface area (Å²) in [6, 6.07) is 0. The van der Waals surface area contributed by atoms with Crippen LogP contribution in [0, 0.1) is 22.7 Å². The second kappa shape index (κ2) is 35.8. The van der Waals surface area contributed by atoms with Gasteiger partial charge < -0.3 is 0 Å². The summed E-state index contributed by atoms with van der Waals surface area (Å²) in [5, 5.41) is 0. The lowest BCUT2D eigenvalue weighted by atomic mass is 9.80. The molecule has 0 N–H and O–H groups in total. The summed E-state index contributed by atoms with van der Waals surface area (Å²) in [5.41, 5.74) is 2.42. The van der Waals surface area contributed by atoms with Crippen molar-refractivity contribution in [3.05, 3.63) is 0 Å². The molecule has 2 saturated carbocycles. The maximum absolute atomic E-state index is 2.61. The normalized spacial score (nSPS) is 19.4. The van der Waals surface area contributed by atoms with Crippen molar-refractivity contribution in [1.82, 2.24) is 14.7 Å². The van der Waals surface area contributed by atoms with Gasteiger partial charge in [0.25, 0.3) is 0 Å². The van der Waals surface area contributed by atoms with Crippen LogP contribution >= 0.6 is 0 Å². The fourth-order valence-electron chi connectivity index (χ4n) is 7.03. The van der Waals surface area contributed by atoms with Crippen molar-refractivity contribution in [2.75, 3.05) is 39.3 Å². The highest BCUT2D eigenvalue weighted by molar-refractivity contribution is 4.84. The molecule has 5 fully saturated rings. The van der Waals surface area contributed by atoms with Gasteiger partial charge in [-0.05, 0) is 182 Å². The van der Waals surface area contributed by atoms with Gasteiger partial charge in [0.05, 0.1) is 0 Å². The van der Waals surface area contributed by atoms with E-state index in [-0.39, 0.29) is 0 Å². The van der Waals surface area contributed by atoms with Gasteiger partial charge in [-0.1, -0.05) is 143 Å². The lowest BCUT2D eigenvalue weighted by Crippen LogP contribution is -2.49. The molecule has 340 valence electrons. The first kappa shape index (κ1) is 64.0. The third kappa shape index (κ3) is 36.7. The van der Waals surface area contributed by atoms with Gasteiger partial charge in [-0.3, -0.25) is 14.7 Å². The Morgan fingerprint density at radius 2 is 0.455 bits per heavy atom. The SMILES string of the molecule is CC.CC.CC.CC.CC.CC(C)(C)C1CC1.CC(C)(C)C1CCCC1.CC(C)(C)N1CCC1.CC(C)(C)N1CCCCC1.CC(C)(C)N1CCCCCC1. The van der Waals surface area contributed by atoms with Crippen LogP contribution in [0.25, 0.3) is 0 Å². The van der Waals surface area contributed by atoms with E-state index in [1.54, 1.807) is 0 Å². The molecular weight excluding hydrogens is 667 g/mol. The third-order valence-corrected chi connectivity index (χ3v) is 11.0. The Bertz CT molecular complexity index is 724. The van der Waals surface area contributed by atoms with Crippen LogP contribution in [0.1, 0.15) is 263 Å². The first-order valence-corrected chi connectivity index (χ1v) is 24.8. The molecule has 0 aromatic carbocycles. The summed E-state index contributed by atoms with van der Waals surface area (Å²) < 4.78 is 0. The molecule has 2 aliphatic carbocycles. The Kier molecular flexibility index (Phi) is 41.7. The molecule has 5 rings (SSSR count). The van der Waals surface area contributed by atoms with E-state index < -0.39 is 0 Å². The van der Waals surface area contributed by atoms with E-state index in [0.717, 1.165) is 11.8 Å². The van der Waals surface area contributed by atoms with Gasteiger partial charge in [0.2, 0.25) is 0 Å². The standard InChI is InChI=1S/C10H21N.C9H19N.C9H18.C7H15N.C7H14.5C2H6/c1-10(2,3)11-8-6-4-5-7-9-11;1-9(2,3)10-7-5-4-6-8-10;1-9(2,3)8-6-4-5-7-8;1-7(2,3)8-5-4-6-8;1-7(2,3)6-4-5-6;5*1-2/h4-9H2,1-3H3;4-8H2,1-3H3;8H,4-7H2,1-3H3;4-6H2,1-3H3;6H,4-5H2,1-3H3;5*1-2H3. The lowest BCUT2D eigenvalue weighted by molar-refractivity contribution is 0.0690. The molecule has 3 heteroatoms. The molecule has 0 atom stereocenters. The number of likely N-dealkylation sites (tertiary alicyclic amines) is 3. The minimum Gasteiger partial charge on any atom is -0.298 e. The molecule has 0 unspecified atom stereocenters. The van der Waals surface area contributed by atoms with Gasteiger partial charge in [0, 0.05) is 16.6 Å². The average Bonchev–Trinajstić information content (AvgIpc) is 3.89. The number of hydrogen-bond acceptors (Lipinski definition) is 3. The Labute approximate surface area is 355 Å². The predicted octanol–water partition coefficient (Wildman–Crippen LogP) is 17.2. The van der Waals surface area contributed by atoms with E-state index in [0.29, 0.717) is 27.4 Å². The van der Waals surface area contributed by atoms with Crippen LogP contribution in [0.3, 0.4) is 0 Å². The zero-order valence-electron chi connectivity index (χ0n) is 44.1. The topological polar surface area (TPSA) is 9.72 Å². The van der Waals surface area contributed by atoms with Crippen LogP contribution in [0.15, 0.2) is 0 Å². The van der Waals surface area contributed by atoms with Crippen molar-refractivity contribution in [1.29, 1.82) is 0 Å². The largest absolute Gasteiger partial charge is 0.298 e. The second-order valence-electron chi connectivity index (χ2n) is 20.3. The molecule has 0 bridgehead atoms. The first-order chi connectivity index (χ1) is 25.5. The smallest absolute Gasteiger partial charge is 0.0125 e. The minimum atomic E-state index is 0.393. The Morgan fingerprint density at radius 1 is 0.255 bits per heavy atom. The van der Waals surface area contributed by atoms with Crippen LogP contribution in [0.2, 0.25) is 0 Å². The highest BCUT2D eigenvalue weighted by atomic mass is 15.2. The van der Waals surface area contributed by atoms with Gasteiger partial charge >= 0.3 is 0 Å². The van der Waals surface area contributed by atoms with E-state index in [9.17, 15) is 0 Å². The number of piperidine rings is 1. The monoisotopic (exact) mass is 784 g/mol. The predicted molar refractivity (Wildman–Crippen MR) is 261 cm³/mol. The molecular formula is C52H117N3. The van der Waals surface area contributed by atoms with Crippen molar-refractivity contribution >= 4 is 0 Å². The zero-order valence-corrected chi connectivity index (χ0v) is 44.1. The van der Waals surface area contributed by atoms with E-state index in [1.807, 2.05) is 69.2 Å². The van der Waals surface area contributed by atoms with Crippen molar-refractivity contribution in [3.8, 4) is 0 Å². The van der Waals surface area contributed by atoms with Gasteiger partial charge in [-0.2, -0.15) is 0 Å². The molecule has 0 radical (unpaired) electrons. The minimum absolute atomic E-state index is 0.393. The van der Waals surface area contributed by atoms with Crippen LogP contribution in [-0.4, -0.2) is 70.6 Å². The van der Waals surface area contributed by atoms with E-state index in [4.69, 9.17) is 0 Å². The van der Waals surface area contributed by atoms with Crippen LogP contribution in [-0.2, 0) is 0 Å². The van der Waals surface area contributed by atoms with E-state index in [1.165, 1.54) is 129 Å². The lowest BCUT2D eigenvalue weighted by Gasteiger charge is -2.42. The van der Waals surface area contributed by atoms with Crippen molar-refractivity contribution in [2.24, 2.45) is 22.7 Å². The summed E-state index contributed by atoms with van der Waals surface area (Å²) in [7, 11) is 0. The number of nitrogens with zero attached hydrogens (tertiary/aromatic N) is 3. The summed E-state index contributed by atoms with van der Waals surface area (Å²) in [4.78, 5) is 7.68. The fraction of sp³-hybridized carbons (Fsp3) is 1.00. The summed E-state index contributed by atoms with van der Waals surface area (Å²) in [6.07, 6.45) is 20.2. The summed E-state index contributed by atoms with van der Waals surface area (Å²) in [5.74, 6) is 2.06. The van der Waals surface area contributed by atoms with Gasteiger partial charge in [-0.15, -0.1) is 0 Å². The Balaban J connectivity index is -0.000000180. The summed E-state index contributed by atoms with van der Waals surface area (Å²) >= 11 is 0. The average molecular weight is 785 g/mol. The number of hydrogen-bond donors (Lipinski definition) is 0. The maximum atomic E-state index is 2.61. The number of rotatable bonds is 0. The molecule has 0 aromatic rings. The van der Waals surface area contributed by atoms with E-state index in [2.05, 4.69) is 119 Å². The van der Waals surface area contributed by atoms with Crippen molar-refractivity contribution < 1.29 is 0 Å². The second-order valence-corrected chi connectivity index (χ2v) is 20.3. The van der Waals surface area contributed by atoms with E-state index >= 15 is 0 Å². The maximum Gasteiger partial charge on any atom is 0.0125 e. The van der Waals surface area contributed by atoms with Crippen LogP contribution < -0.4 is 0 Å². The van der Waals surface area contributed by atoms with Crippen LogP contribution in [0.4, 0.5) is 0 Å². The van der Waals surface area contributed by atoms with Crippen molar-refractivity contribution in [3.63, 3.8) is 0 Å². The molecule has 0 amide bonds. The molecule has 3 nitrogen and oxygen atoms in total. The third-order valence-electron chi connectivity index (χ3n) is 11.0. The fourth-order valence-corrected chi connectivity index (χ4v) is 7.03. The Morgan fingerprint density at radius 3 is 0.582 bits per heavy atom. The molecule has 0 aromatic heterocycles. The van der Waals surface area contributed by atoms with Crippen molar-refractivity contribution in [2.45, 2.75) is 280 Å². The summed E-state index contributed by atoms with van der Waals surface area (Å²) in [6.45, 7) is 62.6. The zero-order chi connectivity index (χ0) is 44.5. The molecule has 0 spiro atoms. The molecule has 3 saturated heterocycles. The molecule has 3 heterocycles. The first-order valence-electron chi connectivity index (χ1n) is 24.8. The highest BCUT2D eigenvalue weighted by Crippen LogP contribution is 2.44. The van der Waals surface area contributed by atoms with Gasteiger partial charge in [0.1, 0.15) is 0 Å². The van der Waals surface area contributed by atoms with Gasteiger partial charge in [0.15, 0.2) is 0 Å². The quantitative estimate of drug-likeness (QED) is 0.242.